The summed E-state index contributed by atoms with van der Waals surface area (Å²) in [6, 6.07) is 0. The number of carbonyl (C=O) groups is 1. The Labute approximate surface area is 121 Å². The Hall–Kier alpha value is -0.610. The molecule has 1 saturated heterocycles. The summed E-state index contributed by atoms with van der Waals surface area (Å²) in [5, 5.41) is 21.9. The summed E-state index contributed by atoms with van der Waals surface area (Å²) in [6.45, 7) is 5.51. The van der Waals surface area contributed by atoms with Crippen LogP contribution in [0.2, 0.25) is 0 Å². The highest BCUT2D eigenvalue weighted by Crippen LogP contribution is 2.44. The van der Waals surface area contributed by atoms with Gasteiger partial charge in [0.05, 0.1) is 17.3 Å². The van der Waals surface area contributed by atoms with E-state index in [1.165, 1.54) is 19.3 Å². The number of aliphatic carboxylic acids is 1. The highest BCUT2D eigenvalue weighted by atomic mass is 16.5. The van der Waals surface area contributed by atoms with E-state index < -0.39 is 29.2 Å². The van der Waals surface area contributed by atoms with Crippen LogP contribution in [0.3, 0.4) is 0 Å². The molecule has 2 rings (SSSR count). The second kappa shape index (κ2) is 5.64. The third-order valence-corrected chi connectivity index (χ3v) is 5.27. The van der Waals surface area contributed by atoms with Gasteiger partial charge in [0.15, 0.2) is 0 Å². The van der Waals surface area contributed by atoms with E-state index in [0.29, 0.717) is 12.8 Å². The molecule has 0 unspecified atom stereocenters. The molecule has 1 aliphatic carbocycles. The number of aliphatic hydroxyl groups is 1. The second-order valence-electron chi connectivity index (χ2n) is 7.27. The van der Waals surface area contributed by atoms with Gasteiger partial charge in [0.1, 0.15) is 0 Å². The van der Waals surface area contributed by atoms with E-state index in [1.54, 1.807) is 13.8 Å². The van der Waals surface area contributed by atoms with Crippen molar-refractivity contribution < 1.29 is 19.7 Å². The first-order chi connectivity index (χ1) is 9.26. The van der Waals surface area contributed by atoms with Gasteiger partial charge in [-0.2, -0.15) is 0 Å². The molecule has 0 aromatic carbocycles. The maximum atomic E-state index is 11.2. The van der Waals surface area contributed by atoms with Crippen LogP contribution in [-0.2, 0) is 9.53 Å². The summed E-state index contributed by atoms with van der Waals surface area (Å²) in [5.74, 6) is -1.37. The highest BCUT2D eigenvalue weighted by molar-refractivity contribution is 5.69. The van der Waals surface area contributed by atoms with E-state index in [2.05, 4.69) is 0 Å². The minimum Gasteiger partial charge on any atom is -0.550 e. The van der Waals surface area contributed by atoms with Crippen LogP contribution >= 0.6 is 0 Å². The summed E-state index contributed by atoms with van der Waals surface area (Å²) in [5.41, 5.74) is -1.43. The lowest BCUT2D eigenvalue weighted by molar-refractivity contribution is -0.328. The number of aliphatic hydroxyl groups excluding tert-OH is 1. The fourth-order valence-electron chi connectivity index (χ4n) is 4.06. The molecule has 0 amide bonds. The van der Waals surface area contributed by atoms with Crippen LogP contribution in [0.1, 0.15) is 65.7 Å². The summed E-state index contributed by atoms with van der Waals surface area (Å²) in [4.78, 5) is 11.2. The second-order valence-corrected chi connectivity index (χ2v) is 7.27. The van der Waals surface area contributed by atoms with Gasteiger partial charge in [-0.05, 0) is 52.4 Å². The highest BCUT2D eigenvalue weighted by Gasteiger charge is 2.49. The maximum absolute atomic E-state index is 11.2. The largest absolute Gasteiger partial charge is 0.550 e. The zero-order valence-corrected chi connectivity index (χ0v) is 12.9. The smallest absolute Gasteiger partial charge is 0.0922 e. The molecule has 0 radical (unpaired) electrons. The van der Waals surface area contributed by atoms with E-state index in [1.807, 2.05) is 6.92 Å². The molecular weight excluding hydrogens is 256 g/mol. The molecule has 116 valence electrons. The number of carboxylic acids is 1. The number of ether oxygens (including phenoxy) is 1. The maximum Gasteiger partial charge on any atom is 0.0922 e. The molecule has 1 aliphatic heterocycles. The molecule has 3 atom stereocenters. The molecule has 1 N–H and O–H groups in total. The number of carboxylic acid groups (broad SMARTS) is 1. The fraction of sp³-hybridized carbons (Fsp3) is 0.938. The van der Waals surface area contributed by atoms with E-state index in [9.17, 15) is 15.0 Å². The lowest BCUT2D eigenvalue weighted by atomic mass is 9.72. The van der Waals surface area contributed by atoms with Gasteiger partial charge < -0.3 is 19.7 Å². The molecule has 0 aromatic heterocycles. The molecule has 0 bridgehead atoms. The molecule has 2 fully saturated rings. The summed E-state index contributed by atoms with van der Waals surface area (Å²) < 4.78 is 6.08. The van der Waals surface area contributed by atoms with E-state index >= 15 is 0 Å². The van der Waals surface area contributed by atoms with Gasteiger partial charge in [-0.25, -0.2) is 0 Å². The first-order valence-electron chi connectivity index (χ1n) is 7.85. The molecular formula is C16H27O4-. The van der Waals surface area contributed by atoms with Crippen LogP contribution in [0.15, 0.2) is 0 Å². The fourth-order valence-corrected chi connectivity index (χ4v) is 4.06. The van der Waals surface area contributed by atoms with Crippen molar-refractivity contribution in [1.82, 2.24) is 0 Å². The van der Waals surface area contributed by atoms with Crippen LogP contribution < -0.4 is 5.11 Å². The number of hydrogen-bond donors (Lipinski definition) is 1. The van der Waals surface area contributed by atoms with Gasteiger partial charge in [-0.1, -0.05) is 19.3 Å². The SMILES string of the molecule is CC1(C)O[C@@](C)([C@H](O)C2CCCCC2)CC[C@H]1C(=O)[O-]. The standard InChI is InChI=1S/C16H28O4/c1-15(2)12(14(18)19)9-10-16(3,20-15)13(17)11-7-5-4-6-8-11/h11-13,17H,4-10H2,1-3H3,(H,18,19)/p-1/t12-,13+,16+/m0/s1. The first-order valence-corrected chi connectivity index (χ1v) is 7.85. The Kier molecular flexibility index (Phi) is 4.45. The van der Waals surface area contributed by atoms with Gasteiger partial charge in [-0.3, -0.25) is 0 Å². The predicted molar refractivity (Wildman–Crippen MR) is 73.9 cm³/mol. The van der Waals surface area contributed by atoms with Crippen LogP contribution in [0.4, 0.5) is 0 Å². The third-order valence-electron chi connectivity index (χ3n) is 5.27. The first kappa shape index (κ1) is 15.8. The molecule has 2 aliphatic rings. The van der Waals surface area contributed by atoms with E-state index in [0.717, 1.165) is 12.8 Å². The number of carbonyl (C=O) groups excluding carboxylic acids is 1. The number of hydrogen-bond acceptors (Lipinski definition) is 4. The summed E-state index contributed by atoms with van der Waals surface area (Å²) in [7, 11) is 0. The summed E-state index contributed by atoms with van der Waals surface area (Å²) in [6.07, 6.45) is 6.26. The van der Waals surface area contributed by atoms with Crippen LogP contribution in [0, 0.1) is 11.8 Å². The monoisotopic (exact) mass is 283 g/mol. The Morgan fingerprint density at radius 3 is 2.30 bits per heavy atom. The Morgan fingerprint density at radius 1 is 1.20 bits per heavy atom. The van der Waals surface area contributed by atoms with Gasteiger partial charge >= 0.3 is 0 Å². The van der Waals surface area contributed by atoms with Gasteiger partial charge in [0.2, 0.25) is 0 Å². The van der Waals surface area contributed by atoms with Crippen LogP contribution in [0.25, 0.3) is 0 Å². The zero-order valence-electron chi connectivity index (χ0n) is 12.9. The van der Waals surface area contributed by atoms with E-state index in [4.69, 9.17) is 4.74 Å². The van der Waals surface area contributed by atoms with Crippen molar-refractivity contribution in [2.45, 2.75) is 83.0 Å². The Balaban J connectivity index is 2.09. The van der Waals surface area contributed by atoms with E-state index in [-0.39, 0.29) is 5.92 Å². The lowest BCUT2D eigenvalue weighted by Gasteiger charge is -2.51. The average molecular weight is 283 g/mol. The molecule has 4 heteroatoms. The van der Waals surface area contributed by atoms with Crippen molar-refractivity contribution in [3.05, 3.63) is 0 Å². The van der Waals surface area contributed by atoms with Gasteiger partial charge in [0, 0.05) is 11.9 Å². The molecule has 0 aromatic rings. The minimum atomic E-state index is -1.05. The molecule has 20 heavy (non-hydrogen) atoms. The molecule has 4 nitrogen and oxygen atoms in total. The quantitative estimate of drug-likeness (QED) is 0.855. The molecule has 1 saturated carbocycles. The average Bonchev–Trinajstić information content (AvgIpc) is 2.37. The van der Waals surface area contributed by atoms with Gasteiger partial charge in [-0.15, -0.1) is 0 Å². The predicted octanol–water partition coefficient (Wildman–Crippen LogP) is 1.64. The molecule has 1 heterocycles. The van der Waals surface area contributed by atoms with Crippen LogP contribution in [-0.4, -0.2) is 28.4 Å². The lowest BCUT2D eigenvalue weighted by Crippen LogP contribution is -2.59. The third kappa shape index (κ3) is 3.01. The Morgan fingerprint density at radius 2 is 1.80 bits per heavy atom. The topological polar surface area (TPSA) is 69.6 Å². The van der Waals surface area contributed by atoms with Gasteiger partial charge in [0.25, 0.3) is 0 Å². The van der Waals surface area contributed by atoms with Crippen molar-refractivity contribution in [3.63, 3.8) is 0 Å². The van der Waals surface area contributed by atoms with Crippen molar-refractivity contribution in [2.75, 3.05) is 0 Å². The molecule has 0 spiro atoms. The Bertz CT molecular complexity index is 359. The number of rotatable bonds is 3. The van der Waals surface area contributed by atoms with Crippen LogP contribution in [0.5, 0.6) is 0 Å². The zero-order chi connectivity index (χ0) is 15.0. The van der Waals surface area contributed by atoms with Crippen molar-refractivity contribution in [3.8, 4) is 0 Å². The van der Waals surface area contributed by atoms with Crippen molar-refractivity contribution >= 4 is 5.97 Å². The minimum absolute atomic E-state index is 0.282. The van der Waals surface area contributed by atoms with Crippen molar-refractivity contribution in [2.24, 2.45) is 11.8 Å². The summed E-state index contributed by atoms with van der Waals surface area (Å²) >= 11 is 0. The normalized spacial score (nSPS) is 36.5. The van der Waals surface area contributed by atoms with Crippen molar-refractivity contribution in [1.29, 1.82) is 0 Å².